The second kappa shape index (κ2) is 7.92. The number of rotatable bonds is 6. The van der Waals surface area contributed by atoms with Crippen LogP contribution >= 0.6 is 0 Å². The maximum atomic E-state index is 11.3. The molecule has 1 unspecified atom stereocenters. The molecule has 0 spiro atoms. The van der Waals surface area contributed by atoms with Gasteiger partial charge in [-0.3, -0.25) is 4.79 Å². The highest BCUT2D eigenvalue weighted by Crippen LogP contribution is 2.06. The van der Waals surface area contributed by atoms with Crippen LogP contribution in [0.3, 0.4) is 0 Å². The van der Waals surface area contributed by atoms with Crippen molar-refractivity contribution in [1.82, 2.24) is 5.32 Å². The third kappa shape index (κ3) is 9.89. The van der Waals surface area contributed by atoms with Crippen LogP contribution in [0, 0.1) is 0 Å². The van der Waals surface area contributed by atoms with Crippen LogP contribution in [0.4, 0.5) is 4.79 Å². The summed E-state index contributed by atoms with van der Waals surface area (Å²) in [6, 6.07) is 0. The van der Waals surface area contributed by atoms with Gasteiger partial charge in [0, 0.05) is 6.54 Å². The molecular weight excluding hydrogens is 238 g/mol. The summed E-state index contributed by atoms with van der Waals surface area (Å²) >= 11 is 0. The first kappa shape index (κ1) is 16.7. The summed E-state index contributed by atoms with van der Waals surface area (Å²) in [5, 5.41) is 2.59. The van der Waals surface area contributed by atoms with Crippen molar-refractivity contribution < 1.29 is 23.8 Å². The number of carbonyl (C=O) groups is 2. The second-order valence-corrected chi connectivity index (χ2v) is 4.89. The molecule has 18 heavy (non-hydrogen) atoms. The van der Waals surface area contributed by atoms with E-state index in [1.54, 1.807) is 27.7 Å². The fraction of sp³-hybridized carbons (Fsp3) is 0.833. The first-order valence-corrected chi connectivity index (χ1v) is 5.90. The molecule has 1 atom stereocenters. The summed E-state index contributed by atoms with van der Waals surface area (Å²) in [7, 11) is 1.33. The number of carbonyl (C=O) groups excluding carboxylic acids is 2. The molecule has 0 bridgehead atoms. The molecule has 1 N–H and O–H groups in total. The lowest BCUT2D eigenvalue weighted by molar-refractivity contribution is -0.142. The lowest BCUT2D eigenvalue weighted by Crippen LogP contribution is -2.37. The maximum Gasteiger partial charge on any atom is 0.407 e. The van der Waals surface area contributed by atoms with Crippen molar-refractivity contribution in [2.45, 2.75) is 45.8 Å². The van der Waals surface area contributed by atoms with Crippen LogP contribution in [0.5, 0.6) is 0 Å². The van der Waals surface area contributed by atoms with Crippen molar-refractivity contribution >= 4 is 12.1 Å². The van der Waals surface area contributed by atoms with Gasteiger partial charge in [0.05, 0.1) is 26.2 Å². The summed E-state index contributed by atoms with van der Waals surface area (Å²) in [5.41, 5.74) is -0.515. The maximum absolute atomic E-state index is 11.3. The highest BCUT2D eigenvalue weighted by molar-refractivity contribution is 5.69. The van der Waals surface area contributed by atoms with Crippen LogP contribution in [0.1, 0.15) is 34.1 Å². The number of nitrogens with one attached hydrogen (secondary N) is 1. The van der Waals surface area contributed by atoms with Crippen LogP contribution < -0.4 is 5.32 Å². The topological polar surface area (TPSA) is 73.9 Å². The van der Waals surface area contributed by atoms with Crippen molar-refractivity contribution in [2.24, 2.45) is 0 Å². The lowest BCUT2D eigenvalue weighted by atomic mass is 10.2. The molecule has 0 aromatic rings. The molecule has 0 aliphatic rings. The zero-order chi connectivity index (χ0) is 14.2. The highest BCUT2D eigenvalue weighted by atomic mass is 16.6. The summed E-state index contributed by atoms with van der Waals surface area (Å²) in [6.45, 7) is 7.78. The molecule has 0 aromatic carbocycles. The Hall–Kier alpha value is -1.30. The zero-order valence-corrected chi connectivity index (χ0v) is 11.7. The van der Waals surface area contributed by atoms with Crippen molar-refractivity contribution in [3.8, 4) is 0 Å². The predicted octanol–water partition coefficient (Wildman–Crippen LogP) is 1.48. The number of ether oxygens (including phenoxy) is 3. The van der Waals surface area contributed by atoms with E-state index < -0.39 is 11.7 Å². The first-order chi connectivity index (χ1) is 8.24. The minimum absolute atomic E-state index is 0.192. The molecule has 6 nitrogen and oxygen atoms in total. The molecule has 0 saturated carbocycles. The molecular formula is C12H23NO5. The van der Waals surface area contributed by atoms with E-state index in [2.05, 4.69) is 10.1 Å². The summed E-state index contributed by atoms with van der Waals surface area (Å²) in [6.07, 6.45) is -0.471. The number of amides is 1. The molecule has 0 heterocycles. The average molecular weight is 261 g/mol. The van der Waals surface area contributed by atoms with Crippen molar-refractivity contribution in [1.29, 1.82) is 0 Å². The van der Waals surface area contributed by atoms with Gasteiger partial charge in [-0.1, -0.05) is 0 Å². The van der Waals surface area contributed by atoms with E-state index in [9.17, 15) is 9.59 Å². The van der Waals surface area contributed by atoms with Gasteiger partial charge in [-0.25, -0.2) is 4.79 Å². The van der Waals surface area contributed by atoms with E-state index in [4.69, 9.17) is 9.47 Å². The van der Waals surface area contributed by atoms with Gasteiger partial charge in [0.2, 0.25) is 0 Å². The smallest absolute Gasteiger partial charge is 0.407 e. The Morgan fingerprint density at radius 1 is 1.28 bits per heavy atom. The van der Waals surface area contributed by atoms with Crippen LogP contribution in [0.25, 0.3) is 0 Å². The zero-order valence-electron chi connectivity index (χ0n) is 11.7. The standard InChI is InChI=1S/C12H23NO5/c1-9(17-7-6-10(14)16-5)8-13-11(15)18-12(2,3)4/h9H,6-8H2,1-5H3,(H,13,15). The van der Waals surface area contributed by atoms with Crippen LogP contribution in [0.2, 0.25) is 0 Å². The Balaban J connectivity index is 3.67. The van der Waals surface area contributed by atoms with E-state index in [1.807, 2.05) is 0 Å². The van der Waals surface area contributed by atoms with Gasteiger partial charge in [0.15, 0.2) is 0 Å². The summed E-state index contributed by atoms with van der Waals surface area (Å²) < 4.78 is 14.9. The highest BCUT2D eigenvalue weighted by Gasteiger charge is 2.16. The number of methoxy groups -OCH3 is 1. The number of esters is 1. The Morgan fingerprint density at radius 2 is 1.89 bits per heavy atom. The Labute approximate surface area is 108 Å². The predicted molar refractivity (Wildman–Crippen MR) is 66.3 cm³/mol. The fourth-order valence-corrected chi connectivity index (χ4v) is 1.05. The van der Waals surface area contributed by atoms with Crippen molar-refractivity contribution in [2.75, 3.05) is 20.3 Å². The van der Waals surface area contributed by atoms with Gasteiger partial charge in [0.1, 0.15) is 5.60 Å². The minimum Gasteiger partial charge on any atom is -0.469 e. The molecule has 0 saturated heterocycles. The average Bonchev–Trinajstić information content (AvgIpc) is 2.23. The summed E-state index contributed by atoms with van der Waals surface area (Å²) in [4.78, 5) is 22.2. The fourth-order valence-electron chi connectivity index (χ4n) is 1.05. The number of hydrogen-bond acceptors (Lipinski definition) is 5. The summed E-state index contributed by atoms with van der Waals surface area (Å²) in [5.74, 6) is -0.317. The molecule has 0 fully saturated rings. The van der Waals surface area contributed by atoms with Crippen molar-refractivity contribution in [3.63, 3.8) is 0 Å². The van der Waals surface area contributed by atoms with Crippen LogP contribution in [-0.2, 0) is 19.0 Å². The second-order valence-electron chi connectivity index (χ2n) is 4.89. The van der Waals surface area contributed by atoms with Gasteiger partial charge in [-0.05, 0) is 27.7 Å². The molecule has 106 valence electrons. The molecule has 0 radical (unpaired) electrons. The third-order valence-electron chi connectivity index (χ3n) is 1.87. The van der Waals surface area contributed by atoms with E-state index in [0.717, 1.165) is 0 Å². The lowest BCUT2D eigenvalue weighted by Gasteiger charge is -2.20. The van der Waals surface area contributed by atoms with Crippen molar-refractivity contribution in [3.05, 3.63) is 0 Å². The van der Waals surface area contributed by atoms with Crippen LogP contribution in [-0.4, -0.2) is 44.0 Å². The normalized spacial score (nSPS) is 12.7. The molecule has 1 amide bonds. The van der Waals surface area contributed by atoms with Gasteiger partial charge >= 0.3 is 12.1 Å². The monoisotopic (exact) mass is 261 g/mol. The van der Waals surface area contributed by atoms with Crippen LogP contribution in [0.15, 0.2) is 0 Å². The number of alkyl carbamates (subject to hydrolysis) is 1. The van der Waals surface area contributed by atoms with E-state index in [-0.39, 0.29) is 25.1 Å². The Morgan fingerprint density at radius 3 is 2.39 bits per heavy atom. The molecule has 0 aliphatic carbocycles. The molecule has 6 heteroatoms. The Bertz CT molecular complexity index is 272. The minimum atomic E-state index is -0.515. The third-order valence-corrected chi connectivity index (χ3v) is 1.87. The van der Waals surface area contributed by atoms with Gasteiger partial charge in [-0.2, -0.15) is 0 Å². The Kier molecular flexibility index (Phi) is 7.35. The SMILES string of the molecule is COC(=O)CCOC(C)CNC(=O)OC(C)(C)C. The van der Waals surface area contributed by atoms with Gasteiger partial charge < -0.3 is 19.5 Å². The van der Waals surface area contributed by atoms with Gasteiger partial charge in [-0.15, -0.1) is 0 Å². The molecule has 0 rings (SSSR count). The molecule has 0 aromatic heterocycles. The quantitative estimate of drug-likeness (QED) is 0.733. The van der Waals surface area contributed by atoms with E-state index in [0.29, 0.717) is 6.54 Å². The molecule has 0 aliphatic heterocycles. The van der Waals surface area contributed by atoms with Gasteiger partial charge in [0.25, 0.3) is 0 Å². The largest absolute Gasteiger partial charge is 0.469 e. The van der Waals surface area contributed by atoms with E-state index in [1.165, 1.54) is 7.11 Å². The number of hydrogen-bond donors (Lipinski definition) is 1. The van der Waals surface area contributed by atoms with E-state index >= 15 is 0 Å². The first-order valence-electron chi connectivity index (χ1n) is 5.90.